The third-order valence-corrected chi connectivity index (χ3v) is 4.11. The Morgan fingerprint density at radius 3 is 3.00 bits per heavy atom. The summed E-state index contributed by atoms with van der Waals surface area (Å²) in [7, 11) is 0. The maximum atomic E-state index is 10.8. The third kappa shape index (κ3) is 3.54. The van der Waals surface area contributed by atoms with Gasteiger partial charge >= 0.3 is 5.97 Å². The summed E-state index contributed by atoms with van der Waals surface area (Å²) in [5, 5.41) is 11.0. The van der Waals surface area contributed by atoms with Crippen molar-refractivity contribution in [3.05, 3.63) is 22.4 Å². The molecule has 0 saturated carbocycles. The van der Waals surface area contributed by atoms with Crippen LogP contribution >= 0.6 is 11.3 Å². The van der Waals surface area contributed by atoms with E-state index in [1.54, 1.807) is 11.3 Å². The van der Waals surface area contributed by atoms with E-state index in [4.69, 9.17) is 9.84 Å². The van der Waals surface area contributed by atoms with Crippen LogP contribution in [0.5, 0.6) is 0 Å². The molecule has 0 radical (unpaired) electrons. The van der Waals surface area contributed by atoms with E-state index in [0.29, 0.717) is 6.42 Å². The van der Waals surface area contributed by atoms with Gasteiger partial charge in [0.15, 0.2) is 6.10 Å². The van der Waals surface area contributed by atoms with E-state index in [1.165, 1.54) is 4.88 Å². The van der Waals surface area contributed by atoms with Crippen molar-refractivity contribution in [2.45, 2.75) is 38.5 Å². The van der Waals surface area contributed by atoms with Gasteiger partial charge in [0.05, 0.1) is 6.10 Å². The van der Waals surface area contributed by atoms with Gasteiger partial charge < -0.3 is 9.84 Å². The van der Waals surface area contributed by atoms with Crippen LogP contribution in [0.3, 0.4) is 0 Å². The highest BCUT2D eigenvalue weighted by Gasteiger charge is 2.31. The average molecular weight is 269 g/mol. The molecule has 0 spiro atoms. The van der Waals surface area contributed by atoms with Gasteiger partial charge in [-0.25, -0.2) is 4.79 Å². The fourth-order valence-corrected chi connectivity index (χ4v) is 2.98. The molecule has 4 nitrogen and oxygen atoms in total. The number of rotatable bonds is 6. The number of ether oxygens (including phenoxy) is 1. The SMILES string of the molecule is CCN(Cc1cccs1)CC1CCC(C(=O)O)O1. The summed E-state index contributed by atoms with van der Waals surface area (Å²) in [6, 6.07) is 4.18. The maximum Gasteiger partial charge on any atom is 0.332 e. The first kappa shape index (κ1) is 13.5. The number of carboxylic acid groups (broad SMARTS) is 1. The molecule has 2 heterocycles. The van der Waals surface area contributed by atoms with Crippen molar-refractivity contribution in [1.82, 2.24) is 4.90 Å². The summed E-state index contributed by atoms with van der Waals surface area (Å²) in [4.78, 5) is 14.5. The smallest absolute Gasteiger partial charge is 0.332 e. The zero-order valence-corrected chi connectivity index (χ0v) is 11.4. The second kappa shape index (κ2) is 6.31. The van der Waals surface area contributed by atoms with Crippen molar-refractivity contribution in [2.24, 2.45) is 0 Å². The molecule has 5 heteroatoms. The summed E-state index contributed by atoms with van der Waals surface area (Å²) in [6.45, 7) is 4.82. The first-order valence-electron chi connectivity index (χ1n) is 6.32. The van der Waals surface area contributed by atoms with E-state index in [2.05, 4.69) is 29.3 Å². The number of nitrogens with zero attached hydrogens (tertiary/aromatic N) is 1. The minimum Gasteiger partial charge on any atom is -0.479 e. The van der Waals surface area contributed by atoms with Crippen LogP contribution in [0.1, 0.15) is 24.6 Å². The summed E-state index contributed by atoms with van der Waals surface area (Å²) in [6.07, 6.45) is 0.940. The molecule has 1 aliphatic heterocycles. The van der Waals surface area contributed by atoms with Gasteiger partial charge in [-0.2, -0.15) is 0 Å². The predicted octanol–water partition coefficient (Wildman–Crippen LogP) is 2.20. The van der Waals surface area contributed by atoms with Crippen LogP contribution in [0.4, 0.5) is 0 Å². The van der Waals surface area contributed by atoms with E-state index in [0.717, 1.165) is 26.1 Å². The fraction of sp³-hybridized carbons (Fsp3) is 0.615. The molecule has 2 atom stereocenters. The molecule has 1 aliphatic rings. The Labute approximate surface area is 111 Å². The molecule has 1 N–H and O–H groups in total. The van der Waals surface area contributed by atoms with Crippen LogP contribution in [0.25, 0.3) is 0 Å². The lowest BCUT2D eigenvalue weighted by Gasteiger charge is -2.23. The Kier molecular flexibility index (Phi) is 4.74. The molecule has 1 fully saturated rings. The van der Waals surface area contributed by atoms with Crippen molar-refractivity contribution < 1.29 is 14.6 Å². The van der Waals surface area contributed by atoms with Gasteiger partial charge in [0, 0.05) is 18.0 Å². The van der Waals surface area contributed by atoms with Gasteiger partial charge in [0.1, 0.15) is 0 Å². The number of hydrogen-bond donors (Lipinski definition) is 1. The molecule has 0 amide bonds. The van der Waals surface area contributed by atoms with E-state index in [1.807, 2.05) is 0 Å². The minimum atomic E-state index is -0.834. The van der Waals surface area contributed by atoms with Crippen molar-refractivity contribution in [3.63, 3.8) is 0 Å². The molecule has 18 heavy (non-hydrogen) atoms. The Hall–Kier alpha value is -0.910. The average Bonchev–Trinajstić information content (AvgIpc) is 2.99. The monoisotopic (exact) mass is 269 g/mol. The number of aliphatic carboxylic acids is 1. The summed E-state index contributed by atoms with van der Waals surface area (Å²) in [5.74, 6) is -0.834. The molecule has 1 saturated heterocycles. The zero-order valence-electron chi connectivity index (χ0n) is 10.5. The lowest BCUT2D eigenvalue weighted by molar-refractivity contribution is -0.149. The molecule has 2 rings (SSSR count). The number of likely N-dealkylation sites (N-methyl/N-ethyl adjacent to an activating group) is 1. The first-order valence-corrected chi connectivity index (χ1v) is 7.20. The van der Waals surface area contributed by atoms with Crippen LogP contribution in [0.15, 0.2) is 17.5 Å². The fourth-order valence-electron chi connectivity index (χ4n) is 2.24. The lowest BCUT2D eigenvalue weighted by atomic mass is 10.2. The van der Waals surface area contributed by atoms with Crippen molar-refractivity contribution >= 4 is 17.3 Å². The summed E-state index contributed by atoms with van der Waals surface area (Å²) < 4.78 is 5.54. The molecule has 0 aliphatic carbocycles. The minimum absolute atomic E-state index is 0.0611. The zero-order chi connectivity index (χ0) is 13.0. The quantitative estimate of drug-likeness (QED) is 0.860. The number of hydrogen-bond acceptors (Lipinski definition) is 4. The molecule has 100 valence electrons. The Balaban J connectivity index is 1.82. The second-order valence-electron chi connectivity index (χ2n) is 4.57. The van der Waals surface area contributed by atoms with Crippen molar-refractivity contribution in [3.8, 4) is 0 Å². The molecule has 0 bridgehead atoms. The molecule has 2 unspecified atom stereocenters. The third-order valence-electron chi connectivity index (χ3n) is 3.25. The van der Waals surface area contributed by atoms with Crippen LogP contribution in [-0.4, -0.2) is 41.3 Å². The van der Waals surface area contributed by atoms with Crippen molar-refractivity contribution in [1.29, 1.82) is 0 Å². The maximum absolute atomic E-state index is 10.8. The molecule has 0 aromatic carbocycles. The van der Waals surface area contributed by atoms with Gasteiger partial charge in [-0.15, -0.1) is 11.3 Å². The number of carbonyl (C=O) groups is 1. The van der Waals surface area contributed by atoms with Gasteiger partial charge in [0.2, 0.25) is 0 Å². The Morgan fingerprint density at radius 1 is 1.61 bits per heavy atom. The van der Waals surface area contributed by atoms with Crippen LogP contribution in [0.2, 0.25) is 0 Å². The largest absolute Gasteiger partial charge is 0.479 e. The van der Waals surface area contributed by atoms with E-state index >= 15 is 0 Å². The Bertz CT molecular complexity index is 380. The first-order chi connectivity index (χ1) is 8.69. The number of carboxylic acids is 1. The highest BCUT2D eigenvalue weighted by Crippen LogP contribution is 2.21. The molecular formula is C13H19NO3S. The van der Waals surface area contributed by atoms with Gasteiger partial charge in [-0.1, -0.05) is 13.0 Å². The summed E-state index contributed by atoms with van der Waals surface area (Å²) >= 11 is 1.75. The standard InChI is InChI=1S/C13H19NO3S/c1-2-14(9-11-4-3-7-18-11)8-10-5-6-12(17-10)13(15)16/h3-4,7,10,12H,2,5-6,8-9H2,1H3,(H,15,16). The van der Waals surface area contributed by atoms with Crippen LogP contribution in [-0.2, 0) is 16.1 Å². The number of thiophene rings is 1. The van der Waals surface area contributed by atoms with Crippen LogP contribution in [0, 0.1) is 0 Å². The normalized spacial score (nSPS) is 23.7. The van der Waals surface area contributed by atoms with Crippen molar-refractivity contribution in [2.75, 3.05) is 13.1 Å². The van der Waals surface area contributed by atoms with Crippen LogP contribution < -0.4 is 0 Å². The highest BCUT2D eigenvalue weighted by atomic mass is 32.1. The predicted molar refractivity (Wildman–Crippen MR) is 70.8 cm³/mol. The van der Waals surface area contributed by atoms with E-state index < -0.39 is 12.1 Å². The van der Waals surface area contributed by atoms with Gasteiger partial charge in [0.25, 0.3) is 0 Å². The lowest BCUT2D eigenvalue weighted by Crippen LogP contribution is -2.32. The molecule has 1 aromatic heterocycles. The highest BCUT2D eigenvalue weighted by molar-refractivity contribution is 7.09. The topological polar surface area (TPSA) is 49.8 Å². The van der Waals surface area contributed by atoms with E-state index in [9.17, 15) is 4.79 Å². The van der Waals surface area contributed by atoms with Gasteiger partial charge in [-0.3, -0.25) is 4.90 Å². The second-order valence-corrected chi connectivity index (χ2v) is 5.60. The molecule has 1 aromatic rings. The molecular weight excluding hydrogens is 250 g/mol. The van der Waals surface area contributed by atoms with Gasteiger partial charge in [-0.05, 0) is 30.8 Å². The Morgan fingerprint density at radius 2 is 2.44 bits per heavy atom. The van der Waals surface area contributed by atoms with E-state index in [-0.39, 0.29) is 6.10 Å². The summed E-state index contributed by atoms with van der Waals surface area (Å²) in [5.41, 5.74) is 0.